The highest BCUT2D eigenvalue weighted by atomic mass is 28.4. The van der Waals surface area contributed by atoms with Gasteiger partial charge in [0, 0.05) is 13.2 Å². The fraction of sp³-hybridized carbons (Fsp3) is 0.659. The molecule has 11 aliphatic rings. The maximum atomic E-state index is 7.48. The molecule has 6 saturated carbocycles. The minimum Gasteiger partial charge on any atom is -0.413 e. The number of benzene rings is 2. The molecule has 2 aromatic carbocycles. The maximum Gasteiger partial charge on any atom is 0.192 e. The number of hydrogen-bond donors (Lipinski definition) is 0. The van der Waals surface area contributed by atoms with Crippen molar-refractivity contribution in [2.24, 2.45) is 21.7 Å². The third-order valence-electron chi connectivity index (χ3n) is 13.3. The molecule has 3 nitrogen and oxygen atoms in total. The average molecular weight is 627 g/mol. The standard InChI is InChI=1S/C41H58O3Si/c1-37(2,3)45(4,5)44-36-40-26-38(27-40,28-40)20-12-22-42-24-18-34(32-14-8-6-9-15-32)35(33-16-10-7-11-17-33)19-25-43-23-13-21-39-29-41(36,30-39)31-39/h6-11,14-17,36H,12-13,18-31H2,1-5H3. The molecule has 2 aromatic rings. The molecule has 5 aliphatic heterocycles. The Morgan fingerprint density at radius 1 is 0.622 bits per heavy atom. The van der Waals surface area contributed by atoms with Gasteiger partial charge < -0.3 is 13.9 Å². The highest BCUT2D eigenvalue weighted by molar-refractivity contribution is 6.74. The third-order valence-corrected chi connectivity index (χ3v) is 17.7. The van der Waals surface area contributed by atoms with Gasteiger partial charge in [0.15, 0.2) is 8.32 Å². The molecule has 0 N–H and O–H groups in total. The zero-order valence-corrected chi connectivity index (χ0v) is 29.9. The van der Waals surface area contributed by atoms with Gasteiger partial charge in [0.1, 0.15) is 0 Å². The second kappa shape index (κ2) is 11.8. The van der Waals surface area contributed by atoms with Crippen molar-refractivity contribution in [2.75, 3.05) is 26.4 Å². The smallest absolute Gasteiger partial charge is 0.192 e. The molecule has 0 spiro atoms. The van der Waals surface area contributed by atoms with Gasteiger partial charge in [0.05, 0.1) is 19.3 Å². The van der Waals surface area contributed by atoms with Crippen LogP contribution in [0.3, 0.4) is 0 Å². The lowest BCUT2D eigenvalue weighted by Crippen LogP contribution is -2.78. The Morgan fingerprint density at radius 3 is 1.40 bits per heavy atom. The number of rotatable bonds is 4. The van der Waals surface area contributed by atoms with Crippen molar-refractivity contribution in [1.82, 2.24) is 0 Å². The molecular weight excluding hydrogens is 569 g/mol. The Bertz CT molecular complexity index is 1240. The van der Waals surface area contributed by atoms with E-state index in [1.165, 1.54) is 86.5 Å². The van der Waals surface area contributed by atoms with Crippen LogP contribution in [0.25, 0.3) is 11.1 Å². The SMILES string of the molecule is CC(C)(C)[Si](C)(C)OC1C23CC(CCCOCCC(c4ccccc4)=C(c4ccccc4)CCOCCCC45CC1(C4)C5)(C2)C3. The van der Waals surface area contributed by atoms with E-state index >= 15 is 0 Å². The summed E-state index contributed by atoms with van der Waals surface area (Å²) in [5, 5.41) is 0.266. The molecule has 6 aliphatic carbocycles. The Morgan fingerprint density at radius 2 is 1.02 bits per heavy atom. The Labute approximate surface area is 274 Å². The van der Waals surface area contributed by atoms with Crippen LogP contribution in [0.15, 0.2) is 60.7 Å². The second-order valence-corrected chi connectivity index (χ2v) is 22.4. The van der Waals surface area contributed by atoms with Gasteiger partial charge >= 0.3 is 0 Å². The molecule has 4 heteroatoms. The molecule has 244 valence electrons. The summed E-state index contributed by atoms with van der Waals surface area (Å²) < 4.78 is 20.2. The van der Waals surface area contributed by atoms with Gasteiger partial charge in [-0.2, -0.15) is 0 Å². The molecule has 0 amide bonds. The van der Waals surface area contributed by atoms with E-state index in [0.29, 0.717) is 27.8 Å². The van der Waals surface area contributed by atoms with Crippen LogP contribution in [-0.4, -0.2) is 40.8 Å². The summed E-state index contributed by atoms with van der Waals surface area (Å²) in [6.45, 7) is 15.5. The van der Waals surface area contributed by atoms with E-state index in [9.17, 15) is 0 Å². The largest absolute Gasteiger partial charge is 0.413 e. The molecule has 0 atom stereocenters. The van der Waals surface area contributed by atoms with Gasteiger partial charge in [0.2, 0.25) is 0 Å². The minimum absolute atomic E-state index is 0.266. The van der Waals surface area contributed by atoms with Crippen LogP contribution >= 0.6 is 0 Å². The summed E-state index contributed by atoms with van der Waals surface area (Å²) in [7, 11) is -1.83. The molecule has 4 bridgehead atoms. The second-order valence-electron chi connectivity index (χ2n) is 17.7. The van der Waals surface area contributed by atoms with Gasteiger partial charge in [-0.25, -0.2) is 0 Å². The first kappa shape index (κ1) is 31.9. The van der Waals surface area contributed by atoms with Gasteiger partial charge in [-0.3, -0.25) is 0 Å². The quantitative estimate of drug-likeness (QED) is 0.316. The Balaban J connectivity index is 1.07. The fourth-order valence-corrected chi connectivity index (χ4v) is 11.9. The van der Waals surface area contributed by atoms with Crippen LogP contribution in [-0.2, 0) is 13.9 Å². The van der Waals surface area contributed by atoms with Crippen molar-refractivity contribution in [3.8, 4) is 0 Å². The lowest BCUT2D eigenvalue weighted by atomic mass is 9.24. The summed E-state index contributed by atoms with van der Waals surface area (Å²) in [5.41, 5.74) is 7.52. The molecule has 0 radical (unpaired) electrons. The first-order chi connectivity index (χ1) is 21.5. The van der Waals surface area contributed by atoms with Gasteiger partial charge in [-0.1, -0.05) is 81.4 Å². The summed E-state index contributed by atoms with van der Waals surface area (Å²) in [6.07, 6.45) is 15.8. The van der Waals surface area contributed by atoms with E-state index in [0.717, 1.165) is 39.3 Å². The van der Waals surface area contributed by atoms with Crippen LogP contribution in [0, 0.1) is 21.7 Å². The van der Waals surface area contributed by atoms with Crippen molar-refractivity contribution in [1.29, 1.82) is 0 Å². The minimum atomic E-state index is -1.83. The number of ether oxygens (including phenoxy) is 2. The molecule has 5 heterocycles. The zero-order valence-electron chi connectivity index (χ0n) is 28.9. The van der Waals surface area contributed by atoms with Crippen LogP contribution in [0.4, 0.5) is 0 Å². The first-order valence-electron chi connectivity index (χ1n) is 18.2. The lowest BCUT2D eigenvalue weighted by molar-refractivity contribution is -0.345. The predicted molar refractivity (Wildman–Crippen MR) is 189 cm³/mol. The van der Waals surface area contributed by atoms with Gasteiger partial charge in [-0.05, 0) is 139 Å². The highest BCUT2D eigenvalue weighted by Gasteiger charge is 2.79. The summed E-state index contributed by atoms with van der Waals surface area (Å²) >= 11 is 0. The highest BCUT2D eigenvalue weighted by Crippen LogP contribution is 2.85. The van der Waals surface area contributed by atoms with Crippen molar-refractivity contribution in [2.45, 2.75) is 122 Å². The van der Waals surface area contributed by atoms with Gasteiger partial charge in [-0.15, -0.1) is 0 Å². The Hall–Kier alpha value is -1.72. The van der Waals surface area contributed by atoms with E-state index in [1.807, 2.05) is 0 Å². The third kappa shape index (κ3) is 5.85. The summed E-state index contributed by atoms with van der Waals surface area (Å²) in [4.78, 5) is 0. The predicted octanol–water partition coefficient (Wildman–Crippen LogP) is 10.7. The number of hydrogen-bond acceptors (Lipinski definition) is 3. The van der Waals surface area contributed by atoms with E-state index in [1.54, 1.807) is 0 Å². The van der Waals surface area contributed by atoms with E-state index in [-0.39, 0.29) is 5.04 Å². The molecule has 45 heavy (non-hydrogen) atoms. The topological polar surface area (TPSA) is 27.7 Å². The van der Waals surface area contributed by atoms with Crippen molar-refractivity contribution >= 4 is 19.5 Å². The maximum absolute atomic E-state index is 7.48. The van der Waals surface area contributed by atoms with Crippen molar-refractivity contribution in [3.63, 3.8) is 0 Å². The van der Waals surface area contributed by atoms with Crippen molar-refractivity contribution < 1.29 is 13.9 Å². The van der Waals surface area contributed by atoms with Crippen LogP contribution < -0.4 is 0 Å². The molecule has 13 rings (SSSR count). The van der Waals surface area contributed by atoms with Gasteiger partial charge in [0.25, 0.3) is 0 Å². The lowest BCUT2D eigenvalue weighted by Gasteiger charge is -2.82. The normalized spacial score (nSPS) is 36.0. The molecule has 0 unspecified atom stereocenters. The molecule has 0 aromatic heterocycles. The summed E-state index contributed by atoms with van der Waals surface area (Å²) in [5.74, 6) is 0. The molecular formula is C41H58O3Si. The van der Waals surface area contributed by atoms with E-state index < -0.39 is 8.32 Å². The Kier molecular flexibility index (Phi) is 8.32. The van der Waals surface area contributed by atoms with E-state index in [4.69, 9.17) is 13.9 Å². The average Bonchev–Trinajstić information content (AvgIpc) is 2.93. The first-order valence-corrected chi connectivity index (χ1v) is 21.1. The van der Waals surface area contributed by atoms with E-state index in [2.05, 4.69) is 94.5 Å². The van der Waals surface area contributed by atoms with Crippen LogP contribution in [0.1, 0.15) is 109 Å². The molecule has 0 saturated heterocycles. The van der Waals surface area contributed by atoms with Crippen LogP contribution in [0.2, 0.25) is 18.1 Å². The van der Waals surface area contributed by atoms with Crippen LogP contribution in [0.5, 0.6) is 0 Å². The zero-order chi connectivity index (χ0) is 31.4. The monoisotopic (exact) mass is 626 g/mol. The summed E-state index contributed by atoms with van der Waals surface area (Å²) in [6, 6.07) is 21.9. The fourth-order valence-electron chi connectivity index (χ4n) is 10.5. The molecule has 6 fully saturated rings. The van der Waals surface area contributed by atoms with Crippen molar-refractivity contribution in [3.05, 3.63) is 71.8 Å².